The van der Waals surface area contributed by atoms with Crippen LogP contribution in [-0.4, -0.2) is 0 Å². The molecule has 0 aliphatic carbocycles. The van der Waals surface area contributed by atoms with E-state index in [0.717, 1.165) is 6.42 Å². The highest BCUT2D eigenvalue weighted by molar-refractivity contribution is 7.26. The Kier molecular flexibility index (Phi) is 4.53. The van der Waals surface area contributed by atoms with E-state index in [2.05, 4.69) is 57.2 Å². The molecule has 0 saturated carbocycles. The van der Waals surface area contributed by atoms with Gasteiger partial charge in [-0.3, -0.25) is 0 Å². The molecule has 0 radical (unpaired) electrons. The van der Waals surface area contributed by atoms with Crippen LogP contribution in [0.3, 0.4) is 0 Å². The van der Waals surface area contributed by atoms with E-state index in [-0.39, 0.29) is 0 Å². The minimum atomic E-state index is 0.547. The minimum absolute atomic E-state index is 0.547. The molecule has 1 nitrogen and oxygen atoms in total. The highest BCUT2D eigenvalue weighted by Gasteiger charge is 2.13. The molecule has 0 atom stereocenters. The quantitative estimate of drug-likeness (QED) is 0.581. The maximum Gasteiger partial charge on any atom is 0.0393 e. The fourth-order valence-electron chi connectivity index (χ4n) is 3.07. The van der Waals surface area contributed by atoms with Crippen LogP contribution >= 0.6 is 11.3 Å². The number of benzene rings is 2. The third kappa shape index (κ3) is 2.91. The second kappa shape index (κ2) is 6.59. The predicted molar refractivity (Wildman–Crippen MR) is 104 cm³/mol. The Balaban J connectivity index is 2.22. The topological polar surface area (TPSA) is 26.0 Å². The molecule has 0 bridgehead atoms. The van der Waals surface area contributed by atoms with E-state index in [1.807, 2.05) is 23.5 Å². The highest BCUT2D eigenvalue weighted by Crippen LogP contribution is 2.40. The lowest BCUT2D eigenvalue weighted by Gasteiger charge is -2.05. The molecule has 3 rings (SSSR count). The number of rotatable bonds is 4. The summed E-state index contributed by atoms with van der Waals surface area (Å²) in [6, 6.07) is 11.2. The summed E-state index contributed by atoms with van der Waals surface area (Å²) in [6.45, 7) is 6.75. The van der Waals surface area contributed by atoms with Crippen LogP contribution < -0.4 is 5.73 Å². The monoisotopic (exact) mass is 321 g/mol. The summed E-state index contributed by atoms with van der Waals surface area (Å²) in [5.74, 6) is 0.547. The van der Waals surface area contributed by atoms with Crippen LogP contribution in [0.4, 0.5) is 0 Å². The Labute approximate surface area is 142 Å². The molecule has 2 aromatic carbocycles. The van der Waals surface area contributed by atoms with Crippen molar-refractivity contribution in [3.8, 4) is 0 Å². The molecule has 3 aromatic rings. The van der Waals surface area contributed by atoms with Crippen LogP contribution in [0.25, 0.3) is 20.2 Å². The number of hydrogen-bond donors (Lipinski definition) is 1. The van der Waals surface area contributed by atoms with Gasteiger partial charge in [0.15, 0.2) is 0 Å². The summed E-state index contributed by atoms with van der Waals surface area (Å²) in [5.41, 5.74) is 9.64. The van der Waals surface area contributed by atoms with Crippen molar-refractivity contribution in [2.75, 3.05) is 0 Å². The largest absolute Gasteiger partial charge is 0.405 e. The zero-order valence-corrected chi connectivity index (χ0v) is 14.8. The number of thiophene rings is 1. The smallest absolute Gasteiger partial charge is 0.0393 e. The molecular weight excluding hydrogens is 298 g/mol. The van der Waals surface area contributed by atoms with Gasteiger partial charge in [-0.05, 0) is 48.2 Å². The minimum Gasteiger partial charge on any atom is -0.405 e. The highest BCUT2D eigenvalue weighted by atomic mass is 32.1. The molecule has 0 aliphatic rings. The Morgan fingerprint density at radius 2 is 1.83 bits per heavy atom. The molecule has 2 heteroatoms. The van der Waals surface area contributed by atoms with E-state index in [1.54, 1.807) is 6.20 Å². The Bertz CT molecular complexity index is 897. The number of allylic oxidation sites excluding steroid dienone is 3. The van der Waals surface area contributed by atoms with Gasteiger partial charge >= 0.3 is 0 Å². The number of fused-ring (bicyclic) bond motifs is 3. The van der Waals surface area contributed by atoms with Crippen molar-refractivity contribution in [2.45, 2.75) is 33.1 Å². The fraction of sp³-hybridized carbons (Fsp3) is 0.238. The number of nitrogens with two attached hydrogens (primary N) is 1. The van der Waals surface area contributed by atoms with Gasteiger partial charge in [0.2, 0.25) is 0 Å². The molecule has 0 saturated heterocycles. The van der Waals surface area contributed by atoms with Crippen LogP contribution in [0.5, 0.6) is 0 Å². The van der Waals surface area contributed by atoms with E-state index >= 15 is 0 Å². The zero-order valence-electron chi connectivity index (χ0n) is 14.0. The first-order chi connectivity index (χ1) is 11.1. The first-order valence-corrected chi connectivity index (χ1v) is 8.92. The Hall–Kier alpha value is -2.06. The Morgan fingerprint density at radius 3 is 2.57 bits per heavy atom. The second-order valence-corrected chi connectivity index (χ2v) is 7.26. The van der Waals surface area contributed by atoms with Crippen LogP contribution in [-0.2, 0) is 6.42 Å². The molecule has 1 heterocycles. The van der Waals surface area contributed by atoms with Gasteiger partial charge in [-0.25, -0.2) is 0 Å². The first kappa shape index (κ1) is 15.8. The van der Waals surface area contributed by atoms with Gasteiger partial charge in [0, 0.05) is 20.2 Å². The lowest BCUT2D eigenvalue weighted by atomic mass is 9.98. The molecule has 2 N–H and O–H groups in total. The molecule has 0 aliphatic heterocycles. The van der Waals surface area contributed by atoms with E-state index in [1.165, 1.54) is 36.9 Å². The summed E-state index contributed by atoms with van der Waals surface area (Å²) < 4.78 is 2.87. The van der Waals surface area contributed by atoms with Crippen molar-refractivity contribution in [1.82, 2.24) is 0 Å². The normalized spacial score (nSPS) is 12.5. The third-order valence-electron chi connectivity index (χ3n) is 4.34. The van der Waals surface area contributed by atoms with Crippen molar-refractivity contribution in [1.29, 1.82) is 0 Å². The first-order valence-electron chi connectivity index (χ1n) is 8.10. The van der Waals surface area contributed by atoms with Crippen LogP contribution in [0, 0.1) is 6.92 Å². The van der Waals surface area contributed by atoms with Gasteiger partial charge < -0.3 is 5.73 Å². The summed E-state index contributed by atoms with van der Waals surface area (Å²) >= 11 is 1.94. The van der Waals surface area contributed by atoms with Crippen LogP contribution in [0.2, 0.25) is 0 Å². The van der Waals surface area contributed by atoms with E-state index in [4.69, 9.17) is 5.73 Å². The lowest BCUT2D eigenvalue weighted by Crippen LogP contribution is -1.87. The summed E-state index contributed by atoms with van der Waals surface area (Å²) in [7, 11) is 0. The van der Waals surface area contributed by atoms with Gasteiger partial charge in [0.05, 0.1) is 0 Å². The summed E-state index contributed by atoms with van der Waals surface area (Å²) in [6.07, 6.45) is 8.58. The molecule has 23 heavy (non-hydrogen) atoms. The third-order valence-corrected chi connectivity index (χ3v) is 5.67. The van der Waals surface area contributed by atoms with Crippen molar-refractivity contribution < 1.29 is 0 Å². The predicted octanol–water partition coefficient (Wildman–Crippen LogP) is 6.06. The number of hydrogen-bond acceptors (Lipinski definition) is 2. The molecule has 0 fully saturated rings. The molecule has 0 spiro atoms. The second-order valence-electron chi connectivity index (χ2n) is 6.24. The molecule has 0 unspecified atom stereocenters. The van der Waals surface area contributed by atoms with Crippen molar-refractivity contribution >= 4 is 31.5 Å². The average Bonchev–Trinajstić information content (AvgIpc) is 2.91. The van der Waals surface area contributed by atoms with Crippen molar-refractivity contribution in [2.24, 2.45) is 5.73 Å². The standard InChI is InChI=1S/C21H23NS/c1-14(2)16-9-7-10-18-19-12-11-15(3)17(8-5-4-6-13-22)21(19)23-20(16)18/h4-7,9-14H,8,22H2,1-3H3/b5-4-,13-6-. The zero-order chi connectivity index (χ0) is 16.4. The van der Waals surface area contributed by atoms with Crippen LogP contribution in [0.1, 0.15) is 36.5 Å². The molecule has 118 valence electrons. The van der Waals surface area contributed by atoms with Gasteiger partial charge in [-0.1, -0.05) is 56.3 Å². The van der Waals surface area contributed by atoms with Crippen LogP contribution in [0.15, 0.2) is 54.8 Å². The summed E-state index contributed by atoms with van der Waals surface area (Å²) in [4.78, 5) is 0. The van der Waals surface area contributed by atoms with Gasteiger partial charge in [0.25, 0.3) is 0 Å². The fourth-order valence-corrected chi connectivity index (χ4v) is 4.64. The SMILES string of the molecule is Cc1ccc2c(sc3c(C(C)C)cccc32)c1C/C=C\C=C/N. The summed E-state index contributed by atoms with van der Waals surface area (Å²) in [5, 5.41) is 2.78. The maximum atomic E-state index is 5.39. The molecule has 1 aromatic heterocycles. The van der Waals surface area contributed by atoms with Crippen molar-refractivity contribution in [3.63, 3.8) is 0 Å². The van der Waals surface area contributed by atoms with E-state index in [9.17, 15) is 0 Å². The molecule has 0 amide bonds. The average molecular weight is 321 g/mol. The Morgan fingerprint density at radius 1 is 1.04 bits per heavy atom. The number of aryl methyl sites for hydroxylation is 1. The van der Waals surface area contributed by atoms with E-state index in [0.29, 0.717) is 5.92 Å². The maximum absolute atomic E-state index is 5.39. The van der Waals surface area contributed by atoms with Gasteiger partial charge in [-0.15, -0.1) is 11.3 Å². The lowest BCUT2D eigenvalue weighted by molar-refractivity contribution is 0.878. The molecular formula is C21H23NS. The van der Waals surface area contributed by atoms with E-state index < -0.39 is 0 Å². The van der Waals surface area contributed by atoms with Gasteiger partial charge in [-0.2, -0.15) is 0 Å². The van der Waals surface area contributed by atoms with Gasteiger partial charge in [0.1, 0.15) is 0 Å². The van der Waals surface area contributed by atoms with Crippen molar-refractivity contribution in [3.05, 3.63) is 71.5 Å².